The molecule has 0 amide bonds. The monoisotopic (exact) mass is 219 g/mol. The van der Waals surface area contributed by atoms with Gasteiger partial charge in [-0.25, -0.2) is 14.5 Å². The van der Waals surface area contributed by atoms with Crippen LogP contribution < -0.4 is 4.74 Å². The zero-order valence-corrected chi connectivity index (χ0v) is 8.28. The van der Waals surface area contributed by atoms with Crippen molar-refractivity contribution in [1.82, 2.24) is 14.8 Å². The molecule has 0 radical (unpaired) electrons. The molecule has 0 spiro atoms. The minimum Gasteiger partial charge on any atom is -0.482 e. The zero-order chi connectivity index (χ0) is 11.4. The number of ether oxygens (including phenoxy) is 1. The summed E-state index contributed by atoms with van der Waals surface area (Å²) in [7, 11) is 0. The Kier molecular flexibility index (Phi) is 2.81. The molecule has 0 bridgehead atoms. The Balaban J connectivity index is 2.17. The van der Waals surface area contributed by atoms with Crippen molar-refractivity contribution in [2.24, 2.45) is 0 Å². The number of rotatable bonds is 4. The number of carboxylic acid groups (broad SMARTS) is 1. The van der Waals surface area contributed by atoms with E-state index >= 15 is 0 Å². The molecular formula is C10H9N3O3. The molecule has 0 saturated carbocycles. The van der Waals surface area contributed by atoms with Crippen molar-refractivity contribution < 1.29 is 14.6 Å². The molecule has 82 valence electrons. The number of aromatic nitrogens is 3. The fraction of sp³-hybridized carbons (Fsp3) is 0.100. The van der Waals surface area contributed by atoms with Crippen molar-refractivity contribution in [3.8, 4) is 11.4 Å². The van der Waals surface area contributed by atoms with Crippen LogP contribution in [0.3, 0.4) is 0 Å². The first-order valence-corrected chi connectivity index (χ1v) is 4.55. The predicted octanol–water partition coefficient (Wildman–Crippen LogP) is 0.731. The van der Waals surface area contributed by atoms with Crippen molar-refractivity contribution in [3.05, 3.63) is 36.9 Å². The van der Waals surface area contributed by atoms with Crippen molar-refractivity contribution in [1.29, 1.82) is 0 Å². The summed E-state index contributed by atoms with van der Waals surface area (Å²) in [5.74, 6) is -0.526. The summed E-state index contributed by atoms with van der Waals surface area (Å²) in [6.07, 6.45) is 2.97. The maximum atomic E-state index is 10.3. The van der Waals surface area contributed by atoms with E-state index in [2.05, 4.69) is 10.1 Å². The normalized spacial score (nSPS) is 10.0. The summed E-state index contributed by atoms with van der Waals surface area (Å²) in [4.78, 5) is 14.2. The third-order valence-electron chi connectivity index (χ3n) is 1.86. The summed E-state index contributed by atoms with van der Waals surface area (Å²) in [6, 6.07) is 6.96. The van der Waals surface area contributed by atoms with Crippen LogP contribution in [0.2, 0.25) is 0 Å². The third-order valence-corrected chi connectivity index (χ3v) is 1.86. The fourth-order valence-electron chi connectivity index (χ4n) is 1.20. The van der Waals surface area contributed by atoms with E-state index in [9.17, 15) is 4.79 Å². The number of benzene rings is 1. The Bertz CT molecular complexity index is 482. The van der Waals surface area contributed by atoms with E-state index in [1.54, 1.807) is 29.2 Å². The molecule has 0 aliphatic heterocycles. The molecule has 2 rings (SSSR count). The molecule has 0 fully saturated rings. The van der Waals surface area contributed by atoms with Crippen LogP contribution in [0.1, 0.15) is 0 Å². The van der Waals surface area contributed by atoms with Gasteiger partial charge in [-0.05, 0) is 12.1 Å². The van der Waals surface area contributed by atoms with Crippen LogP contribution in [-0.2, 0) is 4.79 Å². The number of aliphatic carboxylic acids is 1. The molecule has 1 aromatic carbocycles. The highest BCUT2D eigenvalue weighted by molar-refractivity contribution is 5.68. The van der Waals surface area contributed by atoms with Gasteiger partial charge in [0.2, 0.25) is 0 Å². The molecule has 0 aliphatic carbocycles. The topological polar surface area (TPSA) is 77.2 Å². The van der Waals surface area contributed by atoms with Crippen LogP contribution in [0.5, 0.6) is 5.75 Å². The largest absolute Gasteiger partial charge is 0.482 e. The van der Waals surface area contributed by atoms with E-state index < -0.39 is 5.97 Å². The lowest BCUT2D eigenvalue weighted by Gasteiger charge is -2.05. The van der Waals surface area contributed by atoms with Gasteiger partial charge in [0.25, 0.3) is 0 Å². The molecule has 1 heterocycles. The average Bonchev–Trinajstić information content (AvgIpc) is 2.80. The van der Waals surface area contributed by atoms with Crippen molar-refractivity contribution in [2.45, 2.75) is 0 Å². The Morgan fingerprint density at radius 1 is 1.50 bits per heavy atom. The first-order chi connectivity index (χ1) is 7.75. The van der Waals surface area contributed by atoms with Gasteiger partial charge >= 0.3 is 5.97 Å². The second kappa shape index (κ2) is 4.43. The standard InChI is InChI=1S/C10H9N3O3/c14-10(15)5-16-9-3-1-2-8(4-9)13-7-11-6-12-13/h1-4,6-7H,5H2,(H,14,15). The van der Waals surface area contributed by atoms with Crippen molar-refractivity contribution in [3.63, 3.8) is 0 Å². The van der Waals surface area contributed by atoms with Gasteiger partial charge in [0.15, 0.2) is 6.61 Å². The Morgan fingerprint density at radius 2 is 2.38 bits per heavy atom. The number of hydrogen-bond donors (Lipinski definition) is 1. The maximum Gasteiger partial charge on any atom is 0.341 e. The average molecular weight is 219 g/mol. The number of hydrogen-bond acceptors (Lipinski definition) is 4. The molecule has 0 aliphatic rings. The van der Waals surface area contributed by atoms with E-state index in [1.165, 1.54) is 6.33 Å². The minimum atomic E-state index is -1.01. The lowest BCUT2D eigenvalue weighted by atomic mass is 10.3. The highest BCUT2D eigenvalue weighted by atomic mass is 16.5. The van der Waals surface area contributed by atoms with Crippen LogP contribution in [0, 0.1) is 0 Å². The zero-order valence-electron chi connectivity index (χ0n) is 8.28. The van der Waals surface area contributed by atoms with E-state index in [4.69, 9.17) is 9.84 Å². The Hall–Kier alpha value is -2.37. The van der Waals surface area contributed by atoms with Gasteiger partial charge in [-0.2, -0.15) is 5.10 Å². The fourth-order valence-corrected chi connectivity index (χ4v) is 1.20. The highest BCUT2D eigenvalue weighted by Crippen LogP contribution is 2.15. The number of nitrogens with zero attached hydrogens (tertiary/aromatic N) is 3. The second-order valence-electron chi connectivity index (χ2n) is 3.02. The molecule has 0 atom stereocenters. The van der Waals surface area contributed by atoms with Crippen LogP contribution in [0.4, 0.5) is 0 Å². The molecule has 1 aromatic heterocycles. The minimum absolute atomic E-state index is 0.360. The lowest BCUT2D eigenvalue weighted by molar-refractivity contribution is -0.139. The van der Waals surface area contributed by atoms with Crippen LogP contribution >= 0.6 is 0 Å². The van der Waals surface area contributed by atoms with Crippen LogP contribution in [-0.4, -0.2) is 32.4 Å². The van der Waals surface area contributed by atoms with Crippen molar-refractivity contribution >= 4 is 5.97 Å². The number of carbonyl (C=O) groups is 1. The first-order valence-electron chi connectivity index (χ1n) is 4.55. The first kappa shape index (κ1) is 10.2. The molecule has 0 unspecified atom stereocenters. The SMILES string of the molecule is O=C(O)COc1cccc(-n2cncn2)c1. The quantitative estimate of drug-likeness (QED) is 0.820. The van der Waals surface area contributed by atoms with E-state index in [0.29, 0.717) is 5.75 Å². The molecule has 16 heavy (non-hydrogen) atoms. The van der Waals surface area contributed by atoms with Gasteiger partial charge in [-0.1, -0.05) is 6.07 Å². The molecule has 1 N–H and O–H groups in total. The highest BCUT2D eigenvalue weighted by Gasteiger charge is 2.01. The van der Waals surface area contributed by atoms with Gasteiger partial charge in [-0.15, -0.1) is 0 Å². The molecule has 2 aromatic rings. The molecule has 6 heteroatoms. The maximum absolute atomic E-state index is 10.3. The summed E-state index contributed by atoms with van der Waals surface area (Å²) < 4.78 is 6.61. The summed E-state index contributed by atoms with van der Waals surface area (Å²) in [5.41, 5.74) is 0.764. The van der Waals surface area contributed by atoms with Gasteiger partial charge < -0.3 is 9.84 Å². The smallest absolute Gasteiger partial charge is 0.341 e. The molecule has 6 nitrogen and oxygen atoms in total. The van der Waals surface area contributed by atoms with Crippen LogP contribution in [0.15, 0.2) is 36.9 Å². The van der Waals surface area contributed by atoms with Crippen molar-refractivity contribution in [2.75, 3.05) is 6.61 Å². The molecule has 0 saturated heterocycles. The summed E-state index contributed by atoms with van der Waals surface area (Å²) >= 11 is 0. The van der Waals surface area contributed by atoms with E-state index in [0.717, 1.165) is 5.69 Å². The van der Waals surface area contributed by atoms with Gasteiger partial charge in [0, 0.05) is 6.07 Å². The Labute approximate surface area is 91.1 Å². The lowest BCUT2D eigenvalue weighted by Crippen LogP contribution is -2.09. The van der Waals surface area contributed by atoms with Gasteiger partial charge in [0.05, 0.1) is 5.69 Å². The van der Waals surface area contributed by atoms with E-state index in [1.807, 2.05) is 6.07 Å². The number of carboxylic acids is 1. The summed E-state index contributed by atoms with van der Waals surface area (Å²) in [5, 5.41) is 12.4. The van der Waals surface area contributed by atoms with E-state index in [-0.39, 0.29) is 6.61 Å². The van der Waals surface area contributed by atoms with Gasteiger partial charge in [0.1, 0.15) is 18.4 Å². The predicted molar refractivity (Wildman–Crippen MR) is 54.5 cm³/mol. The molecular weight excluding hydrogens is 210 g/mol. The van der Waals surface area contributed by atoms with Gasteiger partial charge in [-0.3, -0.25) is 0 Å². The second-order valence-corrected chi connectivity index (χ2v) is 3.02. The summed E-state index contributed by atoms with van der Waals surface area (Å²) in [6.45, 7) is -0.360. The van der Waals surface area contributed by atoms with Crippen LogP contribution in [0.25, 0.3) is 5.69 Å². The third kappa shape index (κ3) is 2.35. The Morgan fingerprint density at radius 3 is 3.06 bits per heavy atom.